The normalized spacial score (nSPS) is 10.5. The molecule has 0 saturated carbocycles. The maximum atomic E-state index is 4.14. The number of hydrogen-bond donors (Lipinski definition) is 0. The van der Waals surface area contributed by atoms with E-state index in [1.807, 2.05) is 6.07 Å². The molecule has 1 aromatic heterocycles. The summed E-state index contributed by atoms with van der Waals surface area (Å²) in [6.07, 6.45) is 3.54. The van der Waals surface area contributed by atoms with Crippen molar-refractivity contribution in [1.29, 1.82) is 0 Å². The van der Waals surface area contributed by atoms with Gasteiger partial charge in [-0.3, -0.25) is 0 Å². The molecule has 0 aliphatic carbocycles. The van der Waals surface area contributed by atoms with E-state index in [0.717, 1.165) is 5.82 Å². The monoisotopic (exact) mass is 170 g/mol. The maximum absolute atomic E-state index is 4.14. The molecule has 0 aliphatic heterocycles. The van der Waals surface area contributed by atoms with E-state index in [1.54, 1.807) is 12.4 Å². The lowest BCUT2D eigenvalue weighted by Crippen LogP contribution is -2.14. The fourth-order valence-electron chi connectivity index (χ4n) is 0.686. The van der Waals surface area contributed by atoms with Crippen molar-refractivity contribution in [2.45, 2.75) is 26.2 Å². The Labute approximate surface area is 71.1 Å². The molecule has 0 bridgehead atoms. The van der Waals surface area contributed by atoms with Gasteiger partial charge in [0.15, 0.2) is 0 Å². The first kappa shape index (κ1) is 10.5. The molecule has 11 heavy (non-hydrogen) atoms. The Morgan fingerprint density at radius 1 is 1.09 bits per heavy atom. The van der Waals surface area contributed by atoms with Crippen molar-refractivity contribution in [3.8, 4) is 0 Å². The van der Waals surface area contributed by atoms with Gasteiger partial charge in [-0.05, 0) is 6.07 Å². The molecule has 0 aliphatic rings. The summed E-state index contributed by atoms with van der Waals surface area (Å²) in [6.45, 7) is 6.30. The molecule has 1 heterocycles. The quantitative estimate of drug-likeness (QED) is 0.555. The molecular weight excluding hydrogens is 155 g/mol. The summed E-state index contributed by atoms with van der Waals surface area (Å²) in [5.41, 5.74) is 0.0707. The number of rotatable bonds is 0. The van der Waals surface area contributed by atoms with Gasteiger partial charge in [-0.15, -0.1) is 0 Å². The number of aromatic nitrogens is 2. The van der Waals surface area contributed by atoms with Crippen molar-refractivity contribution in [3.05, 3.63) is 24.3 Å². The van der Waals surface area contributed by atoms with E-state index in [9.17, 15) is 0 Å². The van der Waals surface area contributed by atoms with Crippen LogP contribution in [0, 0.1) is 0 Å². The Morgan fingerprint density at radius 3 is 1.82 bits per heavy atom. The van der Waals surface area contributed by atoms with E-state index < -0.39 is 0 Å². The summed E-state index contributed by atoms with van der Waals surface area (Å²) in [5.74, 6) is 0.898. The van der Waals surface area contributed by atoms with Crippen LogP contribution in [0.2, 0.25) is 0 Å². The lowest BCUT2D eigenvalue weighted by molar-refractivity contribution is 0.545. The fourth-order valence-corrected chi connectivity index (χ4v) is 0.686. The van der Waals surface area contributed by atoms with Crippen molar-refractivity contribution in [2.75, 3.05) is 0 Å². The van der Waals surface area contributed by atoms with E-state index in [-0.39, 0.29) is 15.3 Å². The number of nitrogens with zero attached hydrogens (tertiary/aromatic N) is 2. The van der Waals surface area contributed by atoms with Gasteiger partial charge in [0, 0.05) is 17.8 Å². The van der Waals surface area contributed by atoms with Crippen molar-refractivity contribution < 1.29 is 0 Å². The van der Waals surface area contributed by atoms with Crippen molar-refractivity contribution in [1.82, 2.24) is 9.97 Å². The lowest BCUT2D eigenvalue weighted by Gasteiger charge is -2.14. The van der Waals surface area contributed by atoms with Gasteiger partial charge in [-0.1, -0.05) is 20.8 Å². The van der Waals surface area contributed by atoms with Crippen LogP contribution in [0.3, 0.4) is 0 Å². The molecule has 0 spiro atoms. The second kappa shape index (κ2) is 3.77. The Hall–Kier alpha value is -0.490. The fraction of sp³-hybridized carbons (Fsp3) is 0.500. The molecule has 3 heteroatoms. The average molecular weight is 170 g/mol. The first-order valence-corrected chi connectivity index (χ1v) is 3.38. The van der Waals surface area contributed by atoms with Crippen molar-refractivity contribution in [3.63, 3.8) is 0 Å². The van der Waals surface area contributed by atoms with Gasteiger partial charge in [-0.2, -0.15) is 9.90 Å². The smallest absolute Gasteiger partial charge is 0.133 e. The zero-order valence-electron chi connectivity index (χ0n) is 7.33. The molecule has 0 N–H and O–H groups in total. The molecule has 1 unspecified atom stereocenters. The van der Waals surface area contributed by atoms with Gasteiger partial charge in [0.1, 0.15) is 5.82 Å². The van der Waals surface area contributed by atoms with Crippen LogP contribution in [0.1, 0.15) is 26.6 Å². The highest BCUT2D eigenvalue weighted by Crippen LogP contribution is 2.15. The minimum Gasteiger partial charge on any atom is -0.241 e. The summed E-state index contributed by atoms with van der Waals surface area (Å²) < 4.78 is 0. The standard InChI is InChI=1S/C8H12N2.H3P/c1-8(2,3)7-9-5-4-6-10-7;/h4-6H,1-3H3;1H3. The molecule has 62 valence electrons. The molecule has 1 atom stereocenters. The van der Waals surface area contributed by atoms with Crippen LogP contribution in [0.5, 0.6) is 0 Å². The summed E-state index contributed by atoms with van der Waals surface area (Å²) in [5, 5.41) is 0. The zero-order chi connectivity index (χ0) is 7.61. The Balaban J connectivity index is 0.000001000. The highest BCUT2D eigenvalue weighted by atomic mass is 31.0. The zero-order valence-corrected chi connectivity index (χ0v) is 8.75. The molecule has 1 rings (SSSR count). The van der Waals surface area contributed by atoms with E-state index in [0.29, 0.717) is 0 Å². The number of hydrogen-bond acceptors (Lipinski definition) is 2. The van der Waals surface area contributed by atoms with Gasteiger partial charge in [-0.25, -0.2) is 9.97 Å². The van der Waals surface area contributed by atoms with Crippen LogP contribution in [0.4, 0.5) is 0 Å². The maximum Gasteiger partial charge on any atom is 0.133 e. The van der Waals surface area contributed by atoms with E-state index in [4.69, 9.17) is 0 Å². The highest BCUT2D eigenvalue weighted by Gasteiger charge is 2.15. The van der Waals surface area contributed by atoms with Gasteiger partial charge >= 0.3 is 0 Å². The Kier molecular flexibility index (Phi) is 3.61. The SMILES string of the molecule is CC(C)(C)c1ncccn1.P. The first-order chi connectivity index (χ1) is 4.61. The van der Waals surface area contributed by atoms with Crippen LogP contribution in [0.25, 0.3) is 0 Å². The molecule has 0 saturated heterocycles. The van der Waals surface area contributed by atoms with Gasteiger partial charge in [0.2, 0.25) is 0 Å². The minimum atomic E-state index is 0. The summed E-state index contributed by atoms with van der Waals surface area (Å²) in [6, 6.07) is 1.83. The Morgan fingerprint density at radius 2 is 1.55 bits per heavy atom. The summed E-state index contributed by atoms with van der Waals surface area (Å²) in [4.78, 5) is 8.28. The predicted molar refractivity (Wildman–Crippen MR) is 51.8 cm³/mol. The largest absolute Gasteiger partial charge is 0.241 e. The van der Waals surface area contributed by atoms with E-state index >= 15 is 0 Å². The topological polar surface area (TPSA) is 25.8 Å². The molecule has 0 amide bonds. The minimum absolute atomic E-state index is 0. The summed E-state index contributed by atoms with van der Waals surface area (Å²) >= 11 is 0. The van der Waals surface area contributed by atoms with Crippen LogP contribution < -0.4 is 0 Å². The van der Waals surface area contributed by atoms with Crippen molar-refractivity contribution >= 4 is 9.90 Å². The molecule has 0 fully saturated rings. The third-order valence-electron chi connectivity index (χ3n) is 1.24. The molecule has 0 radical (unpaired) electrons. The van der Waals surface area contributed by atoms with Gasteiger partial charge < -0.3 is 0 Å². The van der Waals surface area contributed by atoms with Crippen LogP contribution in [0.15, 0.2) is 18.5 Å². The second-order valence-corrected chi connectivity index (χ2v) is 3.32. The highest BCUT2D eigenvalue weighted by molar-refractivity contribution is 6.92. The molecule has 2 nitrogen and oxygen atoms in total. The van der Waals surface area contributed by atoms with Crippen molar-refractivity contribution in [2.24, 2.45) is 0 Å². The average Bonchev–Trinajstić information content (AvgIpc) is 1.88. The predicted octanol–water partition coefficient (Wildman–Crippen LogP) is 1.83. The van der Waals surface area contributed by atoms with E-state index in [1.165, 1.54) is 0 Å². The molecule has 0 aromatic carbocycles. The lowest BCUT2D eigenvalue weighted by atomic mass is 9.96. The molecule has 1 aromatic rings. The van der Waals surface area contributed by atoms with Gasteiger partial charge in [0.05, 0.1) is 0 Å². The third-order valence-corrected chi connectivity index (χ3v) is 1.24. The second-order valence-electron chi connectivity index (χ2n) is 3.32. The van der Waals surface area contributed by atoms with Gasteiger partial charge in [0.25, 0.3) is 0 Å². The summed E-state index contributed by atoms with van der Waals surface area (Å²) in [7, 11) is 0. The molecular formula is C8H15N2P. The first-order valence-electron chi connectivity index (χ1n) is 3.38. The van der Waals surface area contributed by atoms with Crippen LogP contribution in [-0.4, -0.2) is 9.97 Å². The Bertz CT molecular complexity index is 203. The third kappa shape index (κ3) is 2.94. The van der Waals surface area contributed by atoms with Crippen LogP contribution in [-0.2, 0) is 5.41 Å². The van der Waals surface area contributed by atoms with Crippen LogP contribution >= 0.6 is 9.90 Å². The van der Waals surface area contributed by atoms with E-state index in [2.05, 4.69) is 30.7 Å².